The van der Waals surface area contributed by atoms with E-state index in [-0.39, 0.29) is 5.69 Å². The van der Waals surface area contributed by atoms with Crippen LogP contribution in [-0.4, -0.2) is 15.4 Å². The van der Waals surface area contributed by atoms with Crippen LogP contribution in [0.25, 0.3) is 16.9 Å². The maximum atomic E-state index is 13.4. The molecule has 29 heavy (non-hydrogen) atoms. The third-order valence-corrected chi connectivity index (χ3v) is 4.51. The Labute approximate surface area is 170 Å². The van der Waals surface area contributed by atoms with Crippen LogP contribution < -0.4 is 10.6 Å². The van der Waals surface area contributed by atoms with Gasteiger partial charge in [0.05, 0.1) is 0 Å². The molecular formula is C21H15ClF2N4O. The van der Waals surface area contributed by atoms with Crippen molar-refractivity contribution in [3.05, 3.63) is 83.0 Å². The summed E-state index contributed by atoms with van der Waals surface area (Å²) in [5.74, 6) is -1.62. The van der Waals surface area contributed by atoms with Crippen LogP contribution in [0.1, 0.15) is 5.56 Å². The highest BCUT2D eigenvalue weighted by Crippen LogP contribution is 2.30. The largest absolute Gasteiger partial charge is 0.324 e. The summed E-state index contributed by atoms with van der Waals surface area (Å²) in [6.07, 6.45) is 1.84. The molecule has 0 bridgehead atoms. The predicted molar refractivity (Wildman–Crippen MR) is 109 cm³/mol. The van der Waals surface area contributed by atoms with Gasteiger partial charge in [0.1, 0.15) is 17.2 Å². The SMILES string of the molecule is Cc1ccc2nc(-c3cccc(Cl)c3)c(NC(=O)Nc3ccc(F)c(F)c3)n2c1. The van der Waals surface area contributed by atoms with E-state index in [1.165, 1.54) is 6.07 Å². The number of carbonyl (C=O) groups excluding carboxylic acids is 1. The van der Waals surface area contributed by atoms with Crippen molar-refractivity contribution in [3.8, 4) is 11.3 Å². The van der Waals surface area contributed by atoms with Crippen LogP contribution in [0.4, 0.5) is 25.1 Å². The van der Waals surface area contributed by atoms with Gasteiger partial charge in [-0.2, -0.15) is 0 Å². The van der Waals surface area contributed by atoms with Gasteiger partial charge >= 0.3 is 6.03 Å². The van der Waals surface area contributed by atoms with Gasteiger partial charge in [-0.3, -0.25) is 9.72 Å². The number of fused-ring (bicyclic) bond motifs is 1. The Morgan fingerprint density at radius 1 is 1.03 bits per heavy atom. The highest BCUT2D eigenvalue weighted by Gasteiger charge is 2.17. The lowest BCUT2D eigenvalue weighted by Gasteiger charge is -2.10. The van der Waals surface area contributed by atoms with E-state index in [0.717, 1.165) is 23.3 Å². The van der Waals surface area contributed by atoms with E-state index < -0.39 is 17.7 Å². The fourth-order valence-electron chi connectivity index (χ4n) is 2.95. The van der Waals surface area contributed by atoms with E-state index in [1.54, 1.807) is 22.6 Å². The second kappa shape index (κ2) is 7.52. The molecular weight excluding hydrogens is 398 g/mol. The molecule has 0 spiro atoms. The van der Waals surface area contributed by atoms with Crippen LogP contribution in [0.5, 0.6) is 0 Å². The summed E-state index contributed by atoms with van der Waals surface area (Å²) >= 11 is 6.11. The van der Waals surface area contributed by atoms with Crippen LogP contribution in [0.2, 0.25) is 5.02 Å². The summed E-state index contributed by atoms with van der Waals surface area (Å²) in [5.41, 5.74) is 2.97. The monoisotopic (exact) mass is 412 g/mol. The number of nitrogens with one attached hydrogen (secondary N) is 2. The van der Waals surface area contributed by atoms with E-state index in [2.05, 4.69) is 15.6 Å². The van der Waals surface area contributed by atoms with Crippen LogP contribution in [0.3, 0.4) is 0 Å². The second-order valence-corrected chi connectivity index (χ2v) is 6.90. The highest BCUT2D eigenvalue weighted by atomic mass is 35.5. The van der Waals surface area contributed by atoms with Gasteiger partial charge in [-0.25, -0.2) is 18.6 Å². The number of hydrogen-bond donors (Lipinski definition) is 2. The molecule has 2 aromatic heterocycles. The van der Waals surface area contributed by atoms with Crippen molar-refractivity contribution < 1.29 is 13.6 Å². The zero-order valence-electron chi connectivity index (χ0n) is 15.2. The molecule has 4 rings (SSSR count). The van der Waals surface area contributed by atoms with Crippen molar-refractivity contribution in [1.82, 2.24) is 9.38 Å². The van der Waals surface area contributed by atoms with Crippen molar-refractivity contribution in [3.63, 3.8) is 0 Å². The van der Waals surface area contributed by atoms with Crippen molar-refractivity contribution >= 4 is 34.8 Å². The molecule has 2 heterocycles. The number of urea groups is 1. The zero-order chi connectivity index (χ0) is 20.5. The topological polar surface area (TPSA) is 58.4 Å². The first-order chi connectivity index (χ1) is 13.9. The Bertz CT molecular complexity index is 1240. The molecule has 0 atom stereocenters. The van der Waals surface area contributed by atoms with Gasteiger partial charge in [0.2, 0.25) is 0 Å². The molecule has 146 valence electrons. The number of rotatable bonds is 3. The standard InChI is InChI=1S/C21H15ClF2N4O/c1-12-5-8-18-26-19(13-3-2-4-14(22)9-13)20(28(18)11-12)27-21(29)25-15-6-7-16(23)17(24)10-15/h2-11H,1H3,(H2,25,27,29). The molecule has 5 nitrogen and oxygen atoms in total. The van der Waals surface area contributed by atoms with Crippen LogP contribution in [0, 0.1) is 18.6 Å². The van der Waals surface area contributed by atoms with Crippen LogP contribution >= 0.6 is 11.6 Å². The summed E-state index contributed by atoms with van der Waals surface area (Å²) < 4.78 is 28.3. The number of aromatic nitrogens is 2. The minimum absolute atomic E-state index is 0.121. The predicted octanol–water partition coefficient (Wildman–Crippen LogP) is 5.89. The molecule has 8 heteroatoms. The summed E-state index contributed by atoms with van der Waals surface area (Å²) in [7, 11) is 0. The average molecular weight is 413 g/mol. The van der Waals surface area contributed by atoms with Crippen molar-refractivity contribution in [1.29, 1.82) is 0 Å². The molecule has 0 saturated carbocycles. The first-order valence-corrected chi connectivity index (χ1v) is 9.06. The number of amides is 2. The Balaban J connectivity index is 1.73. The van der Waals surface area contributed by atoms with E-state index >= 15 is 0 Å². The Morgan fingerprint density at radius 3 is 2.62 bits per heavy atom. The number of halogens is 3. The number of carbonyl (C=O) groups is 1. The molecule has 0 aliphatic rings. The van der Waals surface area contributed by atoms with Crippen LogP contribution in [0.15, 0.2) is 60.8 Å². The molecule has 0 aliphatic heterocycles. The lowest BCUT2D eigenvalue weighted by Crippen LogP contribution is -2.21. The summed E-state index contributed by atoms with van der Waals surface area (Å²) in [6, 6.07) is 13.4. The molecule has 0 fully saturated rings. The van der Waals surface area contributed by atoms with Crippen molar-refractivity contribution in [2.24, 2.45) is 0 Å². The van der Waals surface area contributed by atoms with E-state index in [9.17, 15) is 13.6 Å². The molecule has 0 aliphatic carbocycles. The highest BCUT2D eigenvalue weighted by molar-refractivity contribution is 6.30. The zero-order valence-corrected chi connectivity index (χ0v) is 16.0. The average Bonchev–Trinajstić information content (AvgIpc) is 3.02. The van der Waals surface area contributed by atoms with Gasteiger partial charge in [-0.05, 0) is 42.8 Å². The number of anilines is 2. The summed E-state index contributed by atoms with van der Waals surface area (Å²) in [4.78, 5) is 17.2. The van der Waals surface area contributed by atoms with E-state index in [1.807, 2.05) is 31.3 Å². The first-order valence-electron chi connectivity index (χ1n) is 8.68. The summed E-state index contributed by atoms with van der Waals surface area (Å²) in [5, 5.41) is 5.78. The molecule has 4 aromatic rings. The number of pyridine rings is 1. The Kier molecular flexibility index (Phi) is 4.90. The van der Waals surface area contributed by atoms with Gasteiger partial charge in [-0.15, -0.1) is 0 Å². The normalized spacial score (nSPS) is 10.9. The fourth-order valence-corrected chi connectivity index (χ4v) is 3.14. The van der Waals surface area contributed by atoms with Crippen molar-refractivity contribution in [2.45, 2.75) is 6.92 Å². The molecule has 2 amide bonds. The Morgan fingerprint density at radius 2 is 1.86 bits per heavy atom. The number of hydrogen-bond acceptors (Lipinski definition) is 2. The van der Waals surface area contributed by atoms with Gasteiger partial charge in [0.25, 0.3) is 0 Å². The second-order valence-electron chi connectivity index (χ2n) is 6.46. The molecule has 2 N–H and O–H groups in total. The lowest BCUT2D eigenvalue weighted by molar-refractivity contribution is 0.262. The lowest BCUT2D eigenvalue weighted by atomic mass is 10.1. The van der Waals surface area contributed by atoms with E-state index in [0.29, 0.717) is 22.2 Å². The summed E-state index contributed by atoms with van der Waals surface area (Å²) in [6.45, 7) is 1.92. The number of nitrogens with zero attached hydrogens (tertiary/aromatic N) is 2. The smallest absolute Gasteiger partial charge is 0.308 e. The number of benzene rings is 2. The minimum atomic E-state index is -1.05. The third kappa shape index (κ3) is 3.90. The Hall–Kier alpha value is -3.45. The van der Waals surface area contributed by atoms with Gasteiger partial charge < -0.3 is 5.32 Å². The first kappa shape index (κ1) is 18.9. The molecule has 0 unspecified atom stereocenters. The number of aryl methyl sites for hydroxylation is 1. The number of imidazole rings is 1. The quantitative estimate of drug-likeness (QED) is 0.441. The van der Waals surface area contributed by atoms with Crippen molar-refractivity contribution in [2.75, 3.05) is 10.6 Å². The van der Waals surface area contributed by atoms with Gasteiger partial charge in [0, 0.05) is 28.5 Å². The molecule has 2 aromatic carbocycles. The minimum Gasteiger partial charge on any atom is -0.308 e. The van der Waals surface area contributed by atoms with Crippen LogP contribution in [-0.2, 0) is 0 Å². The third-order valence-electron chi connectivity index (χ3n) is 4.27. The maximum Gasteiger partial charge on any atom is 0.324 e. The molecule has 0 saturated heterocycles. The maximum absolute atomic E-state index is 13.4. The molecule has 0 radical (unpaired) electrons. The fraction of sp³-hybridized carbons (Fsp3) is 0.0476. The van der Waals surface area contributed by atoms with Gasteiger partial charge in [-0.1, -0.05) is 29.8 Å². The van der Waals surface area contributed by atoms with Gasteiger partial charge in [0.15, 0.2) is 11.6 Å². The van der Waals surface area contributed by atoms with E-state index in [4.69, 9.17) is 11.6 Å².